The van der Waals surface area contributed by atoms with E-state index in [0.29, 0.717) is 28.4 Å². The molecular weight excluding hydrogens is 444 g/mol. The van der Waals surface area contributed by atoms with Gasteiger partial charge in [0.15, 0.2) is 0 Å². The molecule has 1 N–H and O–H groups in total. The van der Waals surface area contributed by atoms with Gasteiger partial charge in [0.25, 0.3) is 11.8 Å². The molecule has 0 saturated heterocycles. The van der Waals surface area contributed by atoms with Gasteiger partial charge in [0.1, 0.15) is 0 Å². The van der Waals surface area contributed by atoms with Crippen LogP contribution in [0.3, 0.4) is 0 Å². The quantitative estimate of drug-likeness (QED) is 0.423. The number of halogens is 1. The average Bonchev–Trinajstić information content (AvgIpc) is 3.01. The number of para-hydroxylation sites is 1. The number of allylic oxidation sites excluding steroid dienone is 2. The first kappa shape index (κ1) is 22.4. The van der Waals surface area contributed by atoms with Gasteiger partial charge in [-0.1, -0.05) is 54.1 Å². The molecule has 34 heavy (non-hydrogen) atoms. The van der Waals surface area contributed by atoms with Crippen LogP contribution >= 0.6 is 11.6 Å². The number of carbonyl (C=O) groups excluding carboxylic acids is 2. The molecular formula is C29H27ClN2O2. The second kappa shape index (κ2) is 9.47. The Bertz CT molecular complexity index is 1250. The highest BCUT2D eigenvalue weighted by Crippen LogP contribution is 2.43. The van der Waals surface area contributed by atoms with E-state index in [-0.39, 0.29) is 17.2 Å². The fraction of sp³-hybridized carbons (Fsp3) is 0.241. The van der Waals surface area contributed by atoms with Gasteiger partial charge in [0.05, 0.1) is 10.6 Å². The summed E-state index contributed by atoms with van der Waals surface area (Å²) >= 11 is 6.13. The highest BCUT2D eigenvalue weighted by molar-refractivity contribution is 6.34. The number of carbonyl (C=O) groups is 2. The second-order valence-electron chi connectivity index (χ2n) is 9.18. The molecule has 1 aliphatic heterocycles. The zero-order valence-electron chi connectivity index (χ0n) is 19.0. The highest BCUT2D eigenvalue weighted by Gasteiger charge is 2.35. The Balaban J connectivity index is 1.36. The first-order valence-electron chi connectivity index (χ1n) is 11.8. The molecule has 1 atom stereocenters. The van der Waals surface area contributed by atoms with Crippen molar-refractivity contribution in [1.82, 2.24) is 0 Å². The Morgan fingerprint density at radius 2 is 1.68 bits per heavy atom. The van der Waals surface area contributed by atoms with Crippen LogP contribution in [0.15, 0.2) is 84.9 Å². The summed E-state index contributed by atoms with van der Waals surface area (Å²) < 4.78 is 0. The fourth-order valence-corrected chi connectivity index (χ4v) is 5.32. The van der Waals surface area contributed by atoms with E-state index in [9.17, 15) is 9.59 Å². The third-order valence-corrected chi connectivity index (χ3v) is 7.26. The Morgan fingerprint density at radius 1 is 0.912 bits per heavy atom. The van der Waals surface area contributed by atoms with Crippen LogP contribution in [0.25, 0.3) is 0 Å². The molecule has 1 heterocycles. The zero-order valence-corrected chi connectivity index (χ0v) is 19.7. The predicted octanol–water partition coefficient (Wildman–Crippen LogP) is 6.91. The van der Waals surface area contributed by atoms with Gasteiger partial charge in [-0.3, -0.25) is 9.59 Å². The van der Waals surface area contributed by atoms with Crippen LogP contribution in [-0.4, -0.2) is 18.4 Å². The van der Waals surface area contributed by atoms with Crippen molar-refractivity contribution in [3.63, 3.8) is 0 Å². The maximum Gasteiger partial charge on any atom is 0.258 e. The predicted molar refractivity (Wildman–Crippen MR) is 138 cm³/mol. The van der Waals surface area contributed by atoms with E-state index in [2.05, 4.69) is 35.7 Å². The van der Waals surface area contributed by atoms with Crippen LogP contribution in [0.5, 0.6) is 0 Å². The lowest BCUT2D eigenvalue weighted by molar-refractivity contribution is 0.0983. The first-order chi connectivity index (χ1) is 16.5. The lowest BCUT2D eigenvalue weighted by Gasteiger charge is -2.32. The number of amides is 2. The highest BCUT2D eigenvalue weighted by atomic mass is 35.5. The number of hydrogen-bond acceptors (Lipinski definition) is 2. The molecule has 3 aromatic rings. The summed E-state index contributed by atoms with van der Waals surface area (Å²) in [4.78, 5) is 28.1. The smallest absolute Gasteiger partial charge is 0.258 e. The van der Waals surface area contributed by atoms with Crippen LogP contribution in [-0.2, 0) is 6.42 Å². The molecule has 0 bridgehead atoms. The summed E-state index contributed by atoms with van der Waals surface area (Å²) in [5.41, 5.74) is 3.99. The number of rotatable bonds is 3. The van der Waals surface area contributed by atoms with E-state index in [4.69, 9.17) is 11.6 Å². The minimum absolute atomic E-state index is 0.0201. The van der Waals surface area contributed by atoms with E-state index < -0.39 is 0 Å². The van der Waals surface area contributed by atoms with Crippen molar-refractivity contribution >= 4 is 34.8 Å². The minimum Gasteiger partial charge on any atom is -0.322 e. The van der Waals surface area contributed by atoms with Gasteiger partial charge in [-0.05, 0) is 85.5 Å². The van der Waals surface area contributed by atoms with Gasteiger partial charge >= 0.3 is 0 Å². The summed E-state index contributed by atoms with van der Waals surface area (Å²) in [5.74, 6) is -0.301. The number of hydrogen-bond donors (Lipinski definition) is 1. The van der Waals surface area contributed by atoms with Crippen molar-refractivity contribution in [3.05, 3.63) is 107 Å². The molecule has 1 aliphatic carbocycles. The molecule has 1 spiro atoms. The van der Waals surface area contributed by atoms with Gasteiger partial charge in [0, 0.05) is 23.5 Å². The molecule has 5 heteroatoms. The molecule has 2 aliphatic rings. The van der Waals surface area contributed by atoms with E-state index in [0.717, 1.165) is 24.9 Å². The van der Waals surface area contributed by atoms with Crippen LogP contribution in [0.2, 0.25) is 5.02 Å². The lowest BCUT2D eigenvalue weighted by Crippen LogP contribution is -2.33. The van der Waals surface area contributed by atoms with Crippen molar-refractivity contribution in [3.8, 4) is 0 Å². The van der Waals surface area contributed by atoms with Gasteiger partial charge in [-0.2, -0.15) is 0 Å². The largest absolute Gasteiger partial charge is 0.322 e. The minimum atomic E-state index is -0.281. The molecule has 5 rings (SSSR count). The Morgan fingerprint density at radius 3 is 2.44 bits per heavy atom. The molecule has 3 aromatic carbocycles. The molecule has 172 valence electrons. The number of fused-ring (bicyclic) bond motifs is 1. The molecule has 0 radical (unpaired) electrons. The summed E-state index contributed by atoms with van der Waals surface area (Å²) in [5, 5.41) is 3.25. The summed E-state index contributed by atoms with van der Waals surface area (Å²) in [6, 6.07) is 22.3. The van der Waals surface area contributed by atoms with Gasteiger partial charge in [-0.25, -0.2) is 0 Å². The zero-order chi connectivity index (χ0) is 23.5. The van der Waals surface area contributed by atoms with Crippen LogP contribution in [0.1, 0.15) is 52.0 Å². The third kappa shape index (κ3) is 4.51. The molecule has 0 aromatic heterocycles. The number of nitrogens with zero attached hydrogens (tertiary/aromatic N) is 1. The number of nitrogens with one attached hydrogen (secondary N) is 1. The van der Waals surface area contributed by atoms with E-state index >= 15 is 0 Å². The Labute approximate surface area is 205 Å². The summed E-state index contributed by atoms with van der Waals surface area (Å²) in [6.45, 7) is 0.686. The molecule has 0 fully saturated rings. The van der Waals surface area contributed by atoms with Crippen molar-refractivity contribution in [2.75, 3.05) is 16.8 Å². The fourth-order valence-electron chi connectivity index (χ4n) is 5.10. The molecule has 2 amide bonds. The van der Waals surface area contributed by atoms with Crippen LogP contribution in [0.4, 0.5) is 11.4 Å². The van der Waals surface area contributed by atoms with E-state index in [1.807, 2.05) is 11.0 Å². The lowest BCUT2D eigenvalue weighted by atomic mass is 9.72. The van der Waals surface area contributed by atoms with Crippen molar-refractivity contribution < 1.29 is 9.59 Å². The average molecular weight is 471 g/mol. The number of anilines is 2. The maximum absolute atomic E-state index is 13.6. The standard InChI is InChI=1S/C29H27ClN2O2/c30-25-10-4-3-9-24(25)27(33)31-23-14-12-21(13-15-23)28(34)32-19-18-29(16-6-1-7-17-29)20-22-8-2-5-11-26(22)32/h2-6,8-16H,1,7,17-20H2,(H,31,33). The molecule has 0 saturated carbocycles. The van der Waals surface area contributed by atoms with E-state index in [1.54, 1.807) is 48.5 Å². The maximum atomic E-state index is 13.6. The van der Waals surface area contributed by atoms with Gasteiger partial charge < -0.3 is 10.2 Å². The Hall–Kier alpha value is -3.37. The second-order valence-corrected chi connectivity index (χ2v) is 9.59. The van der Waals surface area contributed by atoms with Crippen molar-refractivity contribution in [1.29, 1.82) is 0 Å². The van der Waals surface area contributed by atoms with Crippen molar-refractivity contribution in [2.45, 2.75) is 32.1 Å². The first-order valence-corrected chi connectivity index (χ1v) is 12.2. The topological polar surface area (TPSA) is 49.4 Å². The molecule has 4 nitrogen and oxygen atoms in total. The normalized spacial score (nSPS) is 19.4. The van der Waals surface area contributed by atoms with Crippen LogP contribution < -0.4 is 10.2 Å². The monoisotopic (exact) mass is 470 g/mol. The third-order valence-electron chi connectivity index (χ3n) is 6.93. The summed E-state index contributed by atoms with van der Waals surface area (Å²) in [7, 11) is 0. The van der Waals surface area contributed by atoms with Crippen molar-refractivity contribution in [2.24, 2.45) is 5.41 Å². The summed E-state index contributed by atoms with van der Waals surface area (Å²) in [6.07, 6.45) is 10.1. The van der Waals surface area contributed by atoms with Gasteiger partial charge in [-0.15, -0.1) is 0 Å². The number of benzene rings is 3. The van der Waals surface area contributed by atoms with Crippen LogP contribution in [0, 0.1) is 5.41 Å². The van der Waals surface area contributed by atoms with E-state index in [1.165, 1.54) is 18.4 Å². The SMILES string of the molecule is O=C(Nc1ccc(C(=O)N2CCC3(C=CCCC3)Cc3ccccc32)cc1)c1ccccc1Cl. The molecule has 1 unspecified atom stereocenters. The Kier molecular flexibility index (Phi) is 6.25. The van der Waals surface area contributed by atoms with Gasteiger partial charge in [0.2, 0.25) is 0 Å².